The van der Waals surface area contributed by atoms with Crippen LogP contribution in [0.2, 0.25) is 6.32 Å². The molecule has 0 saturated heterocycles. The van der Waals surface area contributed by atoms with Crippen molar-refractivity contribution >= 4 is 13.5 Å². The summed E-state index contributed by atoms with van der Waals surface area (Å²) >= 11 is 0. The fraction of sp³-hybridized carbons (Fsp3) is 0.467. The monoisotopic (exact) mass is 243 g/mol. The topological polar surface area (TPSA) is 32.3 Å². The largest absolute Gasteiger partial charge is 0.392 e. The van der Waals surface area contributed by atoms with Gasteiger partial charge in [-0.2, -0.15) is 0 Å². The summed E-state index contributed by atoms with van der Waals surface area (Å²) in [5.74, 6) is 0.516. The summed E-state index contributed by atoms with van der Waals surface area (Å²) < 4.78 is 0. The first-order valence-electron chi connectivity index (χ1n) is 6.40. The lowest BCUT2D eigenvalue weighted by Crippen LogP contribution is -2.02. The zero-order chi connectivity index (χ0) is 13.5. The van der Waals surface area contributed by atoms with Gasteiger partial charge in [0, 0.05) is 11.4 Å². The Balaban J connectivity index is 2.66. The highest BCUT2D eigenvalue weighted by atomic mass is 16.3. The van der Waals surface area contributed by atoms with Crippen LogP contribution in [0.4, 0.5) is 5.69 Å². The summed E-state index contributed by atoms with van der Waals surface area (Å²) in [5, 5.41) is 12.3. The Bertz CT molecular complexity index is 397. The third kappa shape index (κ3) is 4.57. The molecule has 1 aromatic carbocycles. The van der Waals surface area contributed by atoms with Gasteiger partial charge in [-0.3, -0.25) is 0 Å². The van der Waals surface area contributed by atoms with E-state index < -0.39 is 0 Å². The van der Waals surface area contributed by atoms with Crippen LogP contribution in [0.5, 0.6) is 0 Å². The second kappa shape index (κ2) is 7.27. The number of benzene rings is 1. The Morgan fingerprint density at radius 2 is 1.89 bits per heavy atom. The highest BCUT2D eigenvalue weighted by Crippen LogP contribution is 2.16. The molecular weight excluding hydrogens is 221 g/mol. The average Bonchev–Trinajstić information content (AvgIpc) is 2.39. The highest BCUT2D eigenvalue weighted by Gasteiger charge is 2.01. The van der Waals surface area contributed by atoms with Crippen molar-refractivity contribution in [1.82, 2.24) is 0 Å². The van der Waals surface area contributed by atoms with Crippen molar-refractivity contribution < 1.29 is 5.11 Å². The third-order valence-corrected chi connectivity index (χ3v) is 3.15. The molecule has 2 radical (unpaired) electrons. The van der Waals surface area contributed by atoms with Crippen molar-refractivity contribution in [1.29, 1.82) is 0 Å². The Kier molecular flexibility index (Phi) is 6.00. The molecule has 1 rings (SSSR count). The summed E-state index contributed by atoms with van der Waals surface area (Å²) in [6, 6.07) is 8.37. The van der Waals surface area contributed by atoms with Crippen molar-refractivity contribution in [3.63, 3.8) is 0 Å². The van der Waals surface area contributed by atoms with E-state index in [1.54, 1.807) is 0 Å². The molecule has 0 bridgehead atoms. The van der Waals surface area contributed by atoms with Gasteiger partial charge >= 0.3 is 0 Å². The molecule has 0 fully saturated rings. The van der Waals surface area contributed by atoms with Crippen molar-refractivity contribution in [2.75, 3.05) is 11.9 Å². The first kappa shape index (κ1) is 14.8. The van der Waals surface area contributed by atoms with Crippen LogP contribution < -0.4 is 5.32 Å². The minimum atomic E-state index is 0.0882. The predicted molar refractivity (Wildman–Crippen MR) is 79.0 cm³/mol. The molecule has 0 aromatic heterocycles. The Labute approximate surface area is 112 Å². The second-order valence-corrected chi connectivity index (χ2v) is 4.93. The lowest BCUT2D eigenvalue weighted by molar-refractivity contribution is 0.330. The quantitative estimate of drug-likeness (QED) is 0.752. The number of anilines is 1. The summed E-state index contributed by atoms with van der Waals surface area (Å²) in [6.45, 7) is 6.13. The SMILES string of the molecule is [B]CC(C)Cc1ccc(N/C(C)=C(/C)CO)cc1. The molecule has 2 N–H and O–H groups in total. The lowest BCUT2D eigenvalue weighted by atomic mass is 9.88. The molecule has 2 nitrogen and oxygen atoms in total. The lowest BCUT2D eigenvalue weighted by Gasteiger charge is -2.12. The molecule has 1 aromatic rings. The molecule has 1 unspecified atom stereocenters. The van der Waals surface area contributed by atoms with Crippen molar-refractivity contribution in [3.8, 4) is 0 Å². The molecule has 0 aliphatic carbocycles. The molecule has 0 aliphatic heterocycles. The van der Waals surface area contributed by atoms with Crippen molar-refractivity contribution in [2.45, 2.75) is 33.5 Å². The maximum atomic E-state index is 9.04. The van der Waals surface area contributed by atoms with Gasteiger partial charge in [-0.1, -0.05) is 25.4 Å². The number of aliphatic hydroxyl groups excluding tert-OH is 1. The van der Waals surface area contributed by atoms with Gasteiger partial charge in [-0.05, 0) is 49.5 Å². The van der Waals surface area contributed by atoms with Gasteiger partial charge < -0.3 is 10.4 Å². The van der Waals surface area contributed by atoms with Crippen LogP contribution in [0.25, 0.3) is 0 Å². The van der Waals surface area contributed by atoms with E-state index in [-0.39, 0.29) is 6.61 Å². The summed E-state index contributed by atoms with van der Waals surface area (Å²) in [7, 11) is 5.62. The van der Waals surface area contributed by atoms with E-state index in [4.69, 9.17) is 13.0 Å². The maximum Gasteiger partial charge on any atom is 0.0658 e. The normalized spacial score (nSPS) is 14.0. The van der Waals surface area contributed by atoms with Gasteiger partial charge in [0.05, 0.1) is 14.5 Å². The van der Waals surface area contributed by atoms with Crippen LogP contribution in [0.3, 0.4) is 0 Å². The van der Waals surface area contributed by atoms with E-state index in [2.05, 4.69) is 36.5 Å². The number of rotatable bonds is 6. The fourth-order valence-electron chi connectivity index (χ4n) is 1.65. The van der Waals surface area contributed by atoms with Gasteiger partial charge in [0.25, 0.3) is 0 Å². The number of aliphatic hydroxyl groups is 1. The van der Waals surface area contributed by atoms with Crippen LogP contribution in [0, 0.1) is 5.92 Å². The van der Waals surface area contributed by atoms with Gasteiger partial charge in [0.15, 0.2) is 0 Å². The van der Waals surface area contributed by atoms with Crippen molar-refractivity contribution in [2.24, 2.45) is 5.92 Å². The minimum absolute atomic E-state index is 0.0882. The maximum absolute atomic E-state index is 9.04. The van der Waals surface area contributed by atoms with E-state index in [0.717, 1.165) is 29.7 Å². The molecular formula is C15H22BNO. The van der Waals surface area contributed by atoms with E-state index in [1.165, 1.54) is 5.56 Å². The zero-order valence-corrected chi connectivity index (χ0v) is 11.5. The molecule has 3 heteroatoms. The molecule has 96 valence electrons. The molecule has 0 aliphatic rings. The first-order chi connectivity index (χ1) is 8.56. The van der Waals surface area contributed by atoms with Crippen LogP contribution in [-0.2, 0) is 6.42 Å². The first-order valence-corrected chi connectivity index (χ1v) is 6.40. The molecule has 0 amide bonds. The highest BCUT2D eigenvalue weighted by molar-refractivity contribution is 6.08. The Hall–Kier alpha value is -1.22. The summed E-state index contributed by atoms with van der Waals surface area (Å²) in [4.78, 5) is 0. The molecule has 0 heterocycles. The standard InChI is InChI=1S/C15H22BNO/c1-11(9-16)8-14-4-6-15(7-5-14)17-13(3)12(2)10-18/h4-7,11,17-18H,8-10H2,1-3H3/b13-12-. The predicted octanol–water partition coefficient (Wildman–Crippen LogP) is 3.15. The minimum Gasteiger partial charge on any atom is -0.392 e. The fourth-order valence-corrected chi connectivity index (χ4v) is 1.65. The van der Waals surface area contributed by atoms with E-state index in [9.17, 15) is 0 Å². The second-order valence-electron chi connectivity index (χ2n) is 4.93. The van der Waals surface area contributed by atoms with Crippen molar-refractivity contribution in [3.05, 3.63) is 41.1 Å². The number of hydrogen-bond acceptors (Lipinski definition) is 2. The van der Waals surface area contributed by atoms with Crippen LogP contribution in [0.1, 0.15) is 26.3 Å². The molecule has 1 atom stereocenters. The van der Waals surface area contributed by atoms with Gasteiger partial charge in [0.2, 0.25) is 0 Å². The zero-order valence-electron chi connectivity index (χ0n) is 11.5. The molecule has 0 spiro atoms. The van der Waals surface area contributed by atoms with Gasteiger partial charge in [-0.15, -0.1) is 0 Å². The third-order valence-electron chi connectivity index (χ3n) is 3.15. The Morgan fingerprint density at radius 3 is 2.39 bits per heavy atom. The summed E-state index contributed by atoms with van der Waals surface area (Å²) in [6.07, 6.45) is 1.73. The van der Waals surface area contributed by atoms with Gasteiger partial charge in [-0.25, -0.2) is 0 Å². The molecule has 18 heavy (non-hydrogen) atoms. The number of nitrogens with one attached hydrogen (secondary N) is 1. The van der Waals surface area contributed by atoms with Crippen LogP contribution in [-0.4, -0.2) is 19.6 Å². The van der Waals surface area contributed by atoms with E-state index in [0.29, 0.717) is 5.92 Å². The smallest absolute Gasteiger partial charge is 0.0658 e. The van der Waals surface area contributed by atoms with Crippen LogP contribution in [0.15, 0.2) is 35.5 Å². The summed E-state index contributed by atoms with van der Waals surface area (Å²) in [5.41, 5.74) is 4.31. The van der Waals surface area contributed by atoms with E-state index >= 15 is 0 Å². The average molecular weight is 243 g/mol. The van der Waals surface area contributed by atoms with E-state index in [1.807, 2.05) is 13.8 Å². The van der Waals surface area contributed by atoms with Crippen LogP contribution >= 0.6 is 0 Å². The number of hydrogen-bond donors (Lipinski definition) is 2. The van der Waals surface area contributed by atoms with Gasteiger partial charge in [0.1, 0.15) is 0 Å². The Morgan fingerprint density at radius 1 is 1.28 bits per heavy atom. The number of allylic oxidation sites excluding steroid dienone is 1. The molecule has 0 saturated carbocycles.